The van der Waals surface area contributed by atoms with Gasteiger partial charge in [-0.25, -0.2) is 0 Å². The van der Waals surface area contributed by atoms with Crippen LogP contribution in [0.3, 0.4) is 0 Å². The van der Waals surface area contributed by atoms with Gasteiger partial charge in [0.15, 0.2) is 0 Å². The molecule has 1 aliphatic carbocycles. The maximum atomic E-state index is 2.39. The molecular weight excluding hydrogens is 108 g/mol. The lowest BCUT2D eigenvalue weighted by Crippen LogP contribution is -2.07. The van der Waals surface area contributed by atoms with Gasteiger partial charge in [0.25, 0.3) is 0 Å². The van der Waals surface area contributed by atoms with Crippen LogP contribution in [0, 0.1) is 23.7 Å². The fourth-order valence-corrected chi connectivity index (χ4v) is 2.05. The predicted octanol–water partition coefficient (Wildman–Crippen LogP) is 2.93. The Balaban J connectivity index is 2.54. The topological polar surface area (TPSA) is 0 Å². The summed E-state index contributed by atoms with van der Waals surface area (Å²) in [7, 11) is 0. The molecule has 9 heavy (non-hydrogen) atoms. The average Bonchev–Trinajstić information content (AvgIpc) is 1.98. The molecule has 0 bridgehead atoms. The molecule has 0 nitrogen and oxygen atoms in total. The van der Waals surface area contributed by atoms with Crippen molar-refractivity contribution in [3.63, 3.8) is 0 Å². The summed E-state index contributed by atoms with van der Waals surface area (Å²) in [5, 5.41) is 0. The summed E-state index contributed by atoms with van der Waals surface area (Å²) in [6.45, 7) is 9.53. The second-order valence-electron chi connectivity index (χ2n) is 3.91. The minimum Gasteiger partial charge on any atom is -0.0622 e. The molecule has 0 saturated heterocycles. The van der Waals surface area contributed by atoms with E-state index >= 15 is 0 Å². The molecule has 0 aromatic carbocycles. The van der Waals surface area contributed by atoms with E-state index in [1.165, 1.54) is 6.42 Å². The zero-order valence-electron chi connectivity index (χ0n) is 7.02. The van der Waals surface area contributed by atoms with Gasteiger partial charge in [0, 0.05) is 0 Å². The summed E-state index contributed by atoms with van der Waals surface area (Å²) >= 11 is 0. The maximum absolute atomic E-state index is 2.39. The highest BCUT2D eigenvalue weighted by Gasteiger charge is 2.31. The van der Waals surface area contributed by atoms with Crippen molar-refractivity contribution >= 4 is 0 Å². The van der Waals surface area contributed by atoms with E-state index in [0.29, 0.717) is 0 Å². The Bertz CT molecular complexity index is 84.2. The van der Waals surface area contributed by atoms with Crippen molar-refractivity contribution in [1.82, 2.24) is 0 Å². The van der Waals surface area contributed by atoms with Crippen LogP contribution in [0.1, 0.15) is 34.1 Å². The molecule has 0 N–H and O–H groups in total. The van der Waals surface area contributed by atoms with Gasteiger partial charge in [0.1, 0.15) is 0 Å². The Morgan fingerprint density at radius 3 is 1.22 bits per heavy atom. The van der Waals surface area contributed by atoms with Crippen molar-refractivity contribution in [2.75, 3.05) is 0 Å². The van der Waals surface area contributed by atoms with Crippen LogP contribution in [0.2, 0.25) is 0 Å². The third-order valence-electron chi connectivity index (χ3n) is 3.37. The Morgan fingerprint density at radius 2 is 1.11 bits per heavy atom. The fraction of sp³-hybridized carbons (Fsp3) is 1.00. The van der Waals surface area contributed by atoms with E-state index in [1.54, 1.807) is 0 Å². The molecule has 0 heterocycles. The van der Waals surface area contributed by atoms with Crippen molar-refractivity contribution < 1.29 is 0 Å². The minimum absolute atomic E-state index is 0.958. The van der Waals surface area contributed by atoms with Gasteiger partial charge in [0.2, 0.25) is 0 Å². The van der Waals surface area contributed by atoms with E-state index in [-0.39, 0.29) is 0 Å². The lowest BCUT2D eigenvalue weighted by molar-refractivity contribution is 0.352. The average molecular weight is 126 g/mol. The van der Waals surface area contributed by atoms with E-state index in [4.69, 9.17) is 0 Å². The Kier molecular flexibility index (Phi) is 1.83. The largest absolute Gasteiger partial charge is 0.0622 e. The zero-order valence-corrected chi connectivity index (χ0v) is 7.02. The van der Waals surface area contributed by atoms with Crippen molar-refractivity contribution in [3.05, 3.63) is 0 Å². The Hall–Kier alpha value is 0. The van der Waals surface area contributed by atoms with Crippen molar-refractivity contribution in [3.8, 4) is 0 Å². The van der Waals surface area contributed by atoms with Crippen LogP contribution >= 0.6 is 0 Å². The summed E-state index contributed by atoms with van der Waals surface area (Å²) < 4.78 is 0. The highest BCUT2D eigenvalue weighted by atomic mass is 14.4. The first-order valence-corrected chi connectivity index (χ1v) is 4.13. The molecule has 0 aromatic heterocycles. The summed E-state index contributed by atoms with van der Waals surface area (Å²) in [5.74, 6) is 3.85. The van der Waals surface area contributed by atoms with Crippen molar-refractivity contribution in [1.29, 1.82) is 0 Å². The maximum Gasteiger partial charge on any atom is -0.0389 e. The van der Waals surface area contributed by atoms with Crippen molar-refractivity contribution in [2.24, 2.45) is 23.7 Å². The summed E-state index contributed by atoms with van der Waals surface area (Å²) in [6, 6.07) is 0. The smallest absolute Gasteiger partial charge is 0.0389 e. The van der Waals surface area contributed by atoms with Crippen LogP contribution in [0.4, 0.5) is 0 Å². The van der Waals surface area contributed by atoms with Crippen LogP contribution in [-0.2, 0) is 0 Å². The van der Waals surface area contributed by atoms with Gasteiger partial charge in [0.05, 0.1) is 0 Å². The predicted molar refractivity (Wildman–Crippen MR) is 41.3 cm³/mol. The highest BCUT2D eigenvalue weighted by molar-refractivity contribution is 4.81. The van der Waals surface area contributed by atoms with Gasteiger partial charge < -0.3 is 0 Å². The second kappa shape index (κ2) is 2.32. The van der Waals surface area contributed by atoms with E-state index in [0.717, 1.165) is 23.7 Å². The molecule has 1 fully saturated rings. The first-order valence-electron chi connectivity index (χ1n) is 4.13. The molecule has 0 aromatic rings. The van der Waals surface area contributed by atoms with Crippen LogP contribution in [0.25, 0.3) is 0 Å². The molecule has 1 aliphatic rings. The molecule has 0 aliphatic heterocycles. The highest BCUT2D eigenvalue weighted by Crippen LogP contribution is 2.40. The van der Waals surface area contributed by atoms with Gasteiger partial charge in [-0.2, -0.15) is 0 Å². The number of rotatable bonds is 0. The monoisotopic (exact) mass is 126 g/mol. The summed E-state index contributed by atoms with van der Waals surface area (Å²) in [6.07, 6.45) is 1.45. The third-order valence-corrected chi connectivity index (χ3v) is 3.37. The molecule has 54 valence electrons. The van der Waals surface area contributed by atoms with Crippen LogP contribution in [0.5, 0.6) is 0 Å². The van der Waals surface area contributed by atoms with Gasteiger partial charge in [-0.3, -0.25) is 0 Å². The van der Waals surface area contributed by atoms with Gasteiger partial charge in [-0.15, -0.1) is 0 Å². The molecule has 4 atom stereocenters. The van der Waals surface area contributed by atoms with E-state index in [9.17, 15) is 0 Å². The lowest BCUT2D eigenvalue weighted by Gasteiger charge is -2.14. The minimum atomic E-state index is 0.958. The normalized spacial score (nSPS) is 52.0. The Labute approximate surface area is 58.7 Å². The SMILES string of the molecule is C[C@@H]1[C@H](C)[C@@H](C)C[C@H]1C. The van der Waals surface area contributed by atoms with Crippen LogP contribution in [-0.4, -0.2) is 0 Å². The third kappa shape index (κ3) is 1.12. The van der Waals surface area contributed by atoms with Gasteiger partial charge in [-0.05, 0) is 30.1 Å². The second-order valence-corrected chi connectivity index (χ2v) is 3.91. The van der Waals surface area contributed by atoms with Crippen LogP contribution < -0.4 is 0 Å². The van der Waals surface area contributed by atoms with Gasteiger partial charge in [-0.1, -0.05) is 27.7 Å². The van der Waals surface area contributed by atoms with Gasteiger partial charge >= 0.3 is 0 Å². The molecule has 1 saturated carbocycles. The zero-order chi connectivity index (χ0) is 7.02. The van der Waals surface area contributed by atoms with E-state index < -0.39 is 0 Å². The first kappa shape index (κ1) is 7.11. The molecule has 1 rings (SSSR count). The fourth-order valence-electron chi connectivity index (χ4n) is 2.05. The summed E-state index contributed by atoms with van der Waals surface area (Å²) in [4.78, 5) is 0. The number of hydrogen-bond acceptors (Lipinski definition) is 0. The molecule has 0 amide bonds. The van der Waals surface area contributed by atoms with Crippen LogP contribution in [0.15, 0.2) is 0 Å². The van der Waals surface area contributed by atoms with Crippen molar-refractivity contribution in [2.45, 2.75) is 34.1 Å². The first-order chi connectivity index (χ1) is 4.13. The number of hydrogen-bond donors (Lipinski definition) is 0. The molecular formula is C9H18. The molecule has 0 spiro atoms. The quantitative estimate of drug-likeness (QED) is 0.468. The summed E-state index contributed by atoms with van der Waals surface area (Å²) in [5.41, 5.74) is 0. The molecule has 0 heteroatoms. The standard InChI is InChI=1S/C9H18/c1-6-5-7(2)9(4)8(6)3/h6-9H,5H2,1-4H3/t6-,7+,8+,9-. The van der Waals surface area contributed by atoms with E-state index in [2.05, 4.69) is 27.7 Å². The van der Waals surface area contributed by atoms with E-state index in [1.807, 2.05) is 0 Å². The molecule has 0 unspecified atom stereocenters. The molecule has 0 radical (unpaired) electrons. The lowest BCUT2D eigenvalue weighted by atomic mass is 9.92. The Morgan fingerprint density at radius 1 is 0.778 bits per heavy atom.